The number of hydrogen-bond donors (Lipinski definition) is 0. The Morgan fingerprint density at radius 3 is 0.588 bits per heavy atom. The Hall–Kier alpha value is -10.5. The second-order valence-corrected chi connectivity index (χ2v) is 30.0. The minimum atomic E-state index is -0.622. The molecule has 119 heavy (non-hydrogen) atoms. The predicted octanol–water partition coefficient (Wildman–Crippen LogP) is -10.7. The van der Waals surface area contributed by atoms with E-state index in [1.165, 1.54) is 13.1 Å². The number of unbranched alkanes of at least 4 members (excludes halogenated alkanes) is 1. The van der Waals surface area contributed by atoms with Gasteiger partial charge >= 0.3 is 102 Å². The Labute approximate surface area is 668 Å². The van der Waals surface area contributed by atoms with Crippen LogP contribution in [0.15, 0.2) is 112 Å². The SMILES string of the molecule is C=CCCn1c(=O)n(CC2CO2)c(=O)n(CC2CO2)c1=O.C=CCn1c(=O)n(CC2CO2)c(=O)n(CC2CO2)c1=O.CCCCn1c(=O)n(CC2CO2)c(=O)n(CC2CO2)c1=O.CCCn1c(=O)n(CC2CO2)c(=O)n(CC2CO2)c1=O.CCn1c(=O)n(CC2CO2)c(=O)n(CC2CO2)c1=O.Cn1c(=O)n(CC2CO2)c(=O)n(CC2CO2)c1=O. The lowest BCUT2D eigenvalue weighted by molar-refractivity contribution is 0.339. The smallest absolute Gasteiger partial charge is 0.336 e. The normalized spacial score (nSPS) is 23.9. The third-order valence-corrected chi connectivity index (χ3v) is 20.3. The number of rotatable bonds is 35. The molecular formula is C71H96N18O30. The zero-order valence-corrected chi connectivity index (χ0v) is 66.1. The molecule has 12 unspecified atom stereocenters. The van der Waals surface area contributed by atoms with E-state index in [0.29, 0.717) is 112 Å². The zero-order chi connectivity index (χ0) is 84.9. The van der Waals surface area contributed by atoms with E-state index in [0.717, 1.165) is 88.6 Å². The summed E-state index contributed by atoms with van der Waals surface area (Å²) in [7, 11) is 1.36. The van der Waals surface area contributed by atoms with Crippen LogP contribution in [0.3, 0.4) is 0 Å². The maximum absolute atomic E-state index is 12.4. The van der Waals surface area contributed by atoms with Gasteiger partial charge in [0.1, 0.15) is 0 Å². The molecule has 0 amide bonds. The van der Waals surface area contributed by atoms with Crippen LogP contribution in [0.2, 0.25) is 0 Å². The maximum Gasteiger partial charge on any atom is 0.336 e. The van der Waals surface area contributed by atoms with Crippen molar-refractivity contribution in [3.63, 3.8) is 0 Å². The molecule has 0 aliphatic carbocycles. The fraction of sp³-hybridized carbons (Fsp3) is 0.690. The van der Waals surface area contributed by atoms with Gasteiger partial charge in [0, 0.05) is 33.2 Å². The highest BCUT2D eigenvalue weighted by molar-refractivity contribution is 4.93. The van der Waals surface area contributed by atoms with Gasteiger partial charge in [0.05, 0.1) is 238 Å². The first-order chi connectivity index (χ1) is 57.1. The molecule has 12 atom stereocenters. The molecule has 12 aliphatic rings. The Morgan fingerprint density at radius 2 is 0.412 bits per heavy atom. The molecule has 0 radical (unpaired) electrons. The largest absolute Gasteiger partial charge is 0.371 e. The van der Waals surface area contributed by atoms with Gasteiger partial charge in [-0.1, -0.05) is 32.4 Å². The van der Waals surface area contributed by atoms with Crippen LogP contribution in [-0.4, -0.2) is 235 Å². The number of epoxide rings is 12. The van der Waals surface area contributed by atoms with Crippen molar-refractivity contribution in [3.05, 3.63) is 214 Å². The van der Waals surface area contributed by atoms with Crippen molar-refractivity contribution in [3.8, 4) is 0 Å². The van der Waals surface area contributed by atoms with Crippen molar-refractivity contribution in [2.24, 2.45) is 7.05 Å². The van der Waals surface area contributed by atoms with Crippen molar-refractivity contribution in [2.45, 2.75) is 231 Å². The standard InChI is InChI=1S/C13H19N3O5.C13H17N3O5.C12H17N3O5.C12H15N3O5.C11H15N3O5.C10H13N3O5/c2*1-2-3-4-14-11(17)15(5-9-7-20-9)13(19)16(12(14)18)6-10-8-21-10;2*1-2-3-13-10(16)14(4-8-6-19-8)12(18)15(11(13)17)5-9-7-20-9;1-2-12-9(15)13(3-7-5-18-7)11(17)14(10(12)16)4-8-6-19-8;1-11-8(14)12(2-6-4-17-6)10(16)13(9(11)15)3-7-5-18-7/h9-10H,2-8H2,1H3;2,9-10H,1,3-8H2;8-9H,2-7H2,1H3;2,8-9H,1,3-7H2;7-8H,2-6H2,1H3;6-7H,2-5H2,1H3. The van der Waals surface area contributed by atoms with Crippen molar-refractivity contribution in [2.75, 3.05) is 79.3 Å². The quantitative estimate of drug-likeness (QED) is 0.0263. The molecule has 12 aliphatic heterocycles. The van der Waals surface area contributed by atoms with Gasteiger partial charge < -0.3 is 56.8 Å². The maximum atomic E-state index is 12.4. The molecule has 650 valence electrons. The molecule has 0 bridgehead atoms. The summed E-state index contributed by atoms with van der Waals surface area (Å²) in [5.41, 5.74) is -10.4. The van der Waals surface area contributed by atoms with Crippen LogP contribution in [0, 0.1) is 0 Å². The lowest BCUT2D eigenvalue weighted by Gasteiger charge is -2.12. The molecule has 6 aromatic heterocycles. The van der Waals surface area contributed by atoms with Gasteiger partial charge in [-0.3, -0.25) is 0 Å². The Balaban J connectivity index is 0.000000124. The van der Waals surface area contributed by atoms with Gasteiger partial charge in [0.2, 0.25) is 0 Å². The molecule has 18 heterocycles. The molecule has 12 fully saturated rings. The van der Waals surface area contributed by atoms with Crippen molar-refractivity contribution < 1.29 is 56.8 Å². The lowest BCUT2D eigenvalue weighted by Crippen LogP contribution is -2.55. The zero-order valence-electron chi connectivity index (χ0n) is 66.1. The van der Waals surface area contributed by atoms with E-state index in [9.17, 15) is 86.3 Å². The molecule has 0 spiro atoms. The van der Waals surface area contributed by atoms with Crippen LogP contribution >= 0.6 is 0 Å². The van der Waals surface area contributed by atoms with Gasteiger partial charge in [0.25, 0.3) is 0 Å². The highest BCUT2D eigenvalue weighted by Gasteiger charge is 2.37. The van der Waals surface area contributed by atoms with Crippen molar-refractivity contribution >= 4 is 0 Å². The van der Waals surface area contributed by atoms with Gasteiger partial charge in [-0.2, -0.15) is 0 Å². The number of hydrogen-bond acceptors (Lipinski definition) is 30. The summed E-state index contributed by atoms with van der Waals surface area (Å²) in [5.74, 6) is 0. The molecule has 0 N–H and O–H groups in total. The molecular weight excluding hydrogens is 1580 g/mol. The number of ether oxygens (including phenoxy) is 12. The fourth-order valence-corrected chi connectivity index (χ4v) is 12.5. The van der Waals surface area contributed by atoms with Crippen LogP contribution in [0.5, 0.6) is 0 Å². The molecule has 0 aromatic carbocycles. The summed E-state index contributed by atoms with van der Waals surface area (Å²) in [6.45, 7) is 22.5. The van der Waals surface area contributed by atoms with Crippen molar-refractivity contribution in [1.82, 2.24) is 82.2 Å². The molecule has 6 aromatic rings. The molecule has 12 saturated heterocycles. The minimum Gasteiger partial charge on any atom is -0.371 e. The molecule has 48 heteroatoms. The van der Waals surface area contributed by atoms with Gasteiger partial charge in [-0.25, -0.2) is 169 Å². The first-order valence-corrected chi connectivity index (χ1v) is 39.4. The summed E-state index contributed by atoms with van der Waals surface area (Å²) in [6, 6.07) is 0. The first kappa shape index (κ1) is 86.3. The van der Waals surface area contributed by atoms with E-state index >= 15 is 0 Å². The monoisotopic (exact) mass is 1680 g/mol. The highest BCUT2D eigenvalue weighted by atomic mass is 16.6. The second kappa shape index (κ2) is 37.4. The van der Waals surface area contributed by atoms with E-state index in [4.69, 9.17) is 56.8 Å². The van der Waals surface area contributed by atoms with E-state index in [2.05, 4.69) is 13.2 Å². The Kier molecular flexibility index (Phi) is 27.1. The highest BCUT2D eigenvalue weighted by Crippen LogP contribution is 2.17. The van der Waals surface area contributed by atoms with Crippen LogP contribution < -0.4 is 102 Å². The summed E-state index contributed by atoms with van der Waals surface area (Å²) in [4.78, 5) is 220. The van der Waals surface area contributed by atoms with E-state index in [-0.39, 0.29) is 171 Å². The third-order valence-electron chi connectivity index (χ3n) is 20.3. The summed E-state index contributed by atoms with van der Waals surface area (Å²) in [6.07, 6.45) is 4.50. The van der Waals surface area contributed by atoms with Crippen LogP contribution in [0.25, 0.3) is 0 Å². The predicted molar refractivity (Wildman–Crippen MR) is 409 cm³/mol. The van der Waals surface area contributed by atoms with Gasteiger partial charge in [-0.05, 0) is 26.2 Å². The third kappa shape index (κ3) is 21.9. The van der Waals surface area contributed by atoms with Gasteiger partial charge in [-0.15, -0.1) is 13.2 Å². The van der Waals surface area contributed by atoms with E-state index in [1.54, 1.807) is 13.0 Å². The molecule has 48 nitrogen and oxygen atoms in total. The van der Waals surface area contributed by atoms with Crippen LogP contribution in [0.4, 0.5) is 0 Å². The van der Waals surface area contributed by atoms with Crippen LogP contribution in [-0.2, 0) is 175 Å². The van der Waals surface area contributed by atoms with E-state index < -0.39 is 102 Å². The lowest BCUT2D eigenvalue weighted by atomic mass is 10.3. The first-order valence-electron chi connectivity index (χ1n) is 39.4. The number of aromatic nitrogens is 18. The Morgan fingerprint density at radius 1 is 0.235 bits per heavy atom. The number of nitrogens with zero attached hydrogens (tertiary/aromatic N) is 18. The van der Waals surface area contributed by atoms with Gasteiger partial charge in [0.15, 0.2) is 0 Å². The number of allylic oxidation sites excluding steroid dienone is 2. The molecule has 0 saturated carbocycles. The average Bonchev–Trinajstić information content (AvgIpc) is 1.78. The summed E-state index contributed by atoms with van der Waals surface area (Å²) in [5, 5.41) is 0. The minimum absolute atomic E-state index is 0.0645. The Bertz CT molecular complexity index is 5660. The second-order valence-electron chi connectivity index (χ2n) is 30.0. The van der Waals surface area contributed by atoms with Crippen LogP contribution in [0.1, 0.15) is 46.5 Å². The molecule has 18 rings (SSSR count). The summed E-state index contributed by atoms with van der Waals surface area (Å²) >= 11 is 0. The topological polar surface area (TPSA) is 546 Å². The summed E-state index contributed by atoms with van der Waals surface area (Å²) < 4.78 is 79.9. The fourth-order valence-electron chi connectivity index (χ4n) is 12.5. The van der Waals surface area contributed by atoms with Crippen molar-refractivity contribution in [1.29, 1.82) is 0 Å². The van der Waals surface area contributed by atoms with E-state index in [1.807, 2.05) is 13.8 Å². The average molecular weight is 1680 g/mol.